The predicted molar refractivity (Wildman–Crippen MR) is 115 cm³/mol. The normalized spacial score (nSPS) is 16.5. The summed E-state index contributed by atoms with van der Waals surface area (Å²) in [5.41, 5.74) is 5.96. The largest absolute Gasteiger partial charge is 0.380 e. The number of rotatable bonds is 8. The second-order valence-electron chi connectivity index (χ2n) is 6.21. The van der Waals surface area contributed by atoms with E-state index in [2.05, 4.69) is 17.1 Å². The Morgan fingerprint density at radius 2 is 1.89 bits per heavy atom. The fourth-order valence-corrected chi connectivity index (χ4v) is 4.32. The van der Waals surface area contributed by atoms with E-state index in [0.717, 1.165) is 19.6 Å². The van der Waals surface area contributed by atoms with E-state index in [1.807, 2.05) is 0 Å². The van der Waals surface area contributed by atoms with Crippen molar-refractivity contribution >= 4 is 46.4 Å². The molecular formula is C17H30Cl2N4O4S. The molecule has 1 atom stereocenters. The average Bonchev–Trinajstić information content (AvgIpc) is 2.66. The van der Waals surface area contributed by atoms with Crippen LogP contribution in [0.2, 0.25) is 0 Å². The van der Waals surface area contributed by atoms with Crippen molar-refractivity contribution < 1.29 is 17.9 Å². The van der Waals surface area contributed by atoms with Gasteiger partial charge in [-0.25, -0.2) is 8.42 Å². The van der Waals surface area contributed by atoms with Crippen molar-refractivity contribution in [2.24, 2.45) is 5.73 Å². The van der Waals surface area contributed by atoms with Crippen LogP contribution < -0.4 is 11.1 Å². The lowest BCUT2D eigenvalue weighted by Gasteiger charge is -2.33. The molecule has 1 aliphatic rings. The molecule has 0 aromatic heterocycles. The van der Waals surface area contributed by atoms with Gasteiger partial charge in [-0.3, -0.25) is 4.79 Å². The smallest absolute Gasteiger partial charge is 0.243 e. The Bertz CT molecular complexity index is 709. The number of nitrogens with zero attached hydrogens (tertiary/aromatic N) is 2. The van der Waals surface area contributed by atoms with Crippen molar-refractivity contribution in [3.8, 4) is 0 Å². The van der Waals surface area contributed by atoms with Gasteiger partial charge < -0.3 is 20.7 Å². The van der Waals surface area contributed by atoms with Crippen LogP contribution in [0.1, 0.15) is 13.3 Å². The third-order valence-electron chi connectivity index (χ3n) is 4.54. The molecule has 2 rings (SSSR count). The molecule has 0 aliphatic carbocycles. The molecule has 0 bridgehead atoms. The molecule has 1 amide bonds. The summed E-state index contributed by atoms with van der Waals surface area (Å²) < 4.78 is 32.3. The first kappa shape index (κ1) is 27.1. The van der Waals surface area contributed by atoms with E-state index < -0.39 is 10.0 Å². The summed E-state index contributed by atoms with van der Waals surface area (Å²) in [4.78, 5) is 14.5. The van der Waals surface area contributed by atoms with Gasteiger partial charge in [0.05, 0.1) is 17.4 Å². The molecule has 1 heterocycles. The number of amides is 1. The molecule has 0 saturated carbocycles. The zero-order valence-corrected chi connectivity index (χ0v) is 18.6. The van der Waals surface area contributed by atoms with Crippen LogP contribution in [0.4, 0.5) is 5.69 Å². The quantitative estimate of drug-likeness (QED) is 0.607. The number of carbonyl (C=O) groups excluding carboxylic acids is 1. The van der Waals surface area contributed by atoms with Gasteiger partial charge in [0.15, 0.2) is 0 Å². The number of sulfonamides is 1. The van der Waals surface area contributed by atoms with Crippen LogP contribution in [0.25, 0.3) is 0 Å². The minimum absolute atomic E-state index is 0. The second-order valence-corrected chi connectivity index (χ2v) is 8.15. The van der Waals surface area contributed by atoms with Crippen LogP contribution in [0.3, 0.4) is 0 Å². The third kappa shape index (κ3) is 7.14. The van der Waals surface area contributed by atoms with Crippen molar-refractivity contribution in [2.75, 3.05) is 51.7 Å². The molecule has 0 radical (unpaired) electrons. The van der Waals surface area contributed by atoms with E-state index >= 15 is 0 Å². The highest BCUT2D eigenvalue weighted by molar-refractivity contribution is 7.89. The highest BCUT2D eigenvalue weighted by atomic mass is 35.5. The number of likely N-dealkylation sites (N-methyl/N-ethyl adjacent to an activating group) is 1. The van der Waals surface area contributed by atoms with Gasteiger partial charge in [-0.1, -0.05) is 13.0 Å². The number of nitrogens with one attached hydrogen (secondary N) is 1. The molecule has 11 heteroatoms. The summed E-state index contributed by atoms with van der Waals surface area (Å²) in [7, 11) is -2.08. The van der Waals surface area contributed by atoms with Crippen LogP contribution in [-0.4, -0.2) is 76.0 Å². The van der Waals surface area contributed by atoms with Crippen molar-refractivity contribution in [1.82, 2.24) is 9.21 Å². The highest BCUT2D eigenvalue weighted by Gasteiger charge is 2.28. The van der Waals surface area contributed by atoms with Gasteiger partial charge in [0, 0.05) is 45.5 Å². The maximum Gasteiger partial charge on any atom is 0.243 e. The third-order valence-corrected chi connectivity index (χ3v) is 6.44. The summed E-state index contributed by atoms with van der Waals surface area (Å²) >= 11 is 0. The summed E-state index contributed by atoms with van der Waals surface area (Å²) in [5.74, 6) is -0.270. The molecule has 28 heavy (non-hydrogen) atoms. The number of piperazine rings is 1. The number of nitrogens with two attached hydrogens (primary N) is 1. The fourth-order valence-electron chi connectivity index (χ4n) is 2.85. The maximum atomic E-state index is 12.8. The first-order valence-corrected chi connectivity index (χ1v) is 10.2. The lowest BCUT2D eigenvalue weighted by atomic mass is 10.2. The van der Waals surface area contributed by atoms with Gasteiger partial charge in [-0.15, -0.1) is 24.8 Å². The number of benzene rings is 1. The molecule has 1 fully saturated rings. The summed E-state index contributed by atoms with van der Waals surface area (Å²) in [5, 5.41) is 2.71. The number of hydrogen-bond acceptors (Lipinski definition) is 6. The molecule has 1 saturated heterocycles. The molecule has 1 aliphatic heterocycles. The Morgan fingerprint density at radius 1 is 1.25 bits per heavy atom. The number of carbonyl (C=O) groups is 1. The monoisotopic (exact) mass is 456 g/mol. The lowest BCUT2D eigenvalue weighted by molar-refractivity contribution is -0.118. The van der Waals surface area contributed by atoms with Crippen LogP contribution in [0, 0.1) is 0 Å². The zero-order valence-electron chi connectivity index (χ0n) is 16.2. The van der Waals surface area contributed by atoms with E-state index in [1.54, 1.807) is 18.2 Å². The van der Waals surface area contributed by atoms with Crippen LogP contribution in [0.15, 0.2) is 29.2 Å². The minimum atomic E-state index is -3.57. The van der Waals surface area contributed by atoms with Crippen molar-refractivity contribution in [3.63, 3.8) is 0 Å². The average molecular weight is 457 g/mol. The molecule has 1 aromatic rings. The van der Waals surface area contributed by atoms with Gasteiger partial charge in [-0.2, -0.15) is 4.31 Å². The summed E-state index contributed by atoms with van der Waals surface area (Å²) in [6.45, 7) is 5.61. The van der Waals surface area contributed by atoms with E-state index in [1.165, 1.54) is 17.5 Å². The first-order chi connectivity index (χ1) is 12.4. The molecule has 0 spiro atoms. The van der Waals surface area contributed by atoms with Crippen LogP contribution in [-0.2, 0) is 19.6 Å². The maximum absolute atomic E-state index is 12.8. The number of anilines is 1. The van der Waals surface area contributed by atoms with Crippen molar-refractivity contribution in [2.45, 2.75) is 24.3 Å². The minimum Gasteiger partial charge on any atom is -0.380 e. The molecule has 8 nitrogen and oxygen atoms in total. The number of hydrogen-bond donors (Lipinski definition) is 2. The van der Waals surface area contributed by atoms with Gasteiger partial charge in [0.2, 0.25) is 15.9 Å². The topological polar surface area (TPSA) is 105 Å². The highest BCUT2D eigenvalue weighted by Crippen LogP contribution is 2.21. The number of methoxy groups -OCH3 is 1. The Labute approximate surface area is 179 Å². The van der Waals surface area contributed by atoms with Gasteiger partial charge >= 0.3 is 0 Å². The molecule has 3 N–H and O–H groups in total. The number of halogens is 2. The lowest BCUT2D eigenvalue weighted by Crippen LogP contribution is -2.48. The predicted octanol–water partition coefficient (Wildman–Crippen LogP) is 1.16. The Kier molecular flexibility index (Phi) is 12.2. The van der Waals surface area contributed by atoms with E-state index in [0.29, 0.717) is 18.8 Å². The van der Waals surface area contributed by atoms with E-state index in [4.69, 9.17) is 10.5 Å². The van der Waals surface area contributed by atoms with Gasteiger partial charge in [0.1, 0.15) is 0 Å². The van der Waals surface area contributed by atoms with Crippen molar-refractivity contribution in [1.29, 1.82) is 0 Å². The molecule has 162 valence electrons. The van der Waals surface area contributed by atoms with Crippen molar-refractivity contribution in [3.05, 3.63) is 24.3 Å². The summed E-state index contributed by atoms with van der Waals surface area (Å²) in [6, 6.07) is 6.33. The fraction of sp³-hybridized carbons (Fsp3) is 0.588. The zero-order chi connectivity index (χ0) is 19.2. The Morgan fingerprint density at radius 3 is 2.43 bits per heavy atom. The first-order valence-electron chi connectivity index (χ1n) is 8.76. The van der Waals surface area contributed by atoms with E-state index in [-0.39, 0.29) is 54.7 Å². The summed E-state index contributed by atoms with van der Waals surface area (Å²) in [6.07, 6.45) is -0.250. The SMILES string of the molecule is CCN1CCN(S(=O)(=O)c2cccc(NC(=O)CC(CN)OC)c2)CC1.Cl.Cl. The molecular weight excluding hydrogens is 427 g/mol. The van der Waals surface area contributed by atoms with Gasteiger partial charge in [-0.05, 0) is 24.7 Å². The Balaban J connectivity index is 0.00000364. The van der Waals surface area contributed by atoms with E-state index in [9.17, 15) is 13.2 Å². The molecule has 1 unspecified atom stereocenters. The Hall–Kier alpha value is -0.940. The number of ether oxygens (including phenoxy) is 1. The second kappa shape index (κ2) is 12.6. The van der Waals surface area contributed by atoms with Crippen LogP contribution in [0.5, 0.6) is 0 Å². The van der Waals surface area contributed by atoms with Gasteiger partial charge in [0.25, 0.3) is 0 Å². The molecule has 1 aromatic carbocycles. The standard InChI is InChI=1S/C17H28N4O4S.2ClH/c1-3-20-7-9-21(10-8-20)26(23,24)16-6-4-5-14(11-16)19-17(22)12-15(13-18)25-2;;/h4-6,11,15H,3,7-10,12-13,18H2,1-2H3,(H,19,22);2*1H. The van der Waals surface area contributed by atoms with Crippen LogP contribution >= 0.6 is 24.8 Å².